The van der Waals surface area contributed by atoms with E-state index in [-0.39, 0.29) is 5.82 Å². The molecule has 0 N–H and O–H groups in total. The summed E-state index contributed by atoms with van der Waals surface area (Å²) in [4.78, 5) is 6.56. The van der Waals surface area contributed by atoms with Crippen LogP contribution in [0.4, 0.5) is 4.39 Å². The molecule has 1 aromatic carbocycles. The van der Waals surface area contributed by atoms with Crippen LogP contribution in [0.5, 0.6) is 0 Å². The van der Waals surface area contributed by atoms with Crippen molar-refractivity contribution >= 4 is 0 Å². The number of benzene rings is 1. The molecular formula is C21H27FN6. The molecule has 0 saturated carbocycles. The van der Waals surface area contributed by atoms with Crippen LogP contribution in [0.25, 0.3) is 0 Å². The molecule has 0 amide bonds. The minimum Gasteiger partial charge on any atom is -0.330 e. The van der Waals surface area contributed by atoms with Crippen molar-refractivity contribution in [3.8, 4) is 0 Å². The Balaban J connectivity index is 1.40. The highest BCUT2D eigenvalue weighted by molar-refractivity contribution is 5.26. The van der Waals surface area contributed by atoms with E-state index in [0.717, 1.165) is 56.2 Å². The standard InChI is InChI=1S/C21H27FN6/c1-3-28-20(14-27-11-8-23-15-27)24-25-21(28)17-6-9-26(10-7-17)13-18-4-5-19(22)12-16(18)2/h4-5,8,11-12,15,17H,3,6-7,9-10,13-14H2,1-2H3. The van der Waals surface area contributed by atoms with Crippen LogP contribution in [0.2, 0.25) is 0 Å². The van der Waals surface area contributed by atoms with Gasteiger partial charge in [-0.15, -0.1) is 10.2 Å². The van der Waals surface area contributed by atoms with Gasteiger partial charge in [-0.05, 0) is 63.0 Å². The molecule has 0 atom stereocenters. The maximum Gasteiger partial charge on any atom is 0.153 e. The van der Waals surface area contributed by atoms with E-state index in [2.05, 4.69) is 31.6 Å². The molecule has 28 heavy (non-hydrogen) atoms. The predicted octanol–water partition coefficient (Wildman–Crippen LogP) is 3.37. The highest BCUT2D eigenvalue weighted by Gasteiger charge is 2.26. The molecule has 1 saturated heterocycles. The van der Waals surface area contributed by atoms with Gasteiger partial charge < -0.3 is 9.13 Å². The highest BCUT2D eigenvalue weighted by Crippen LogP contribution is 2.28. The molecule has 2 aromatic heterocycles. The van der Waals surface area contributed by atoms with Crippen molar-refractivity contribution < 1.29 is 4.39 Å². The van der Waals surface area contributed by atoms with Gasteiger partial charge in [0.05, 0.1) is 12.9 Å². The van der Waals surface area contributed by atoms with E-state index in [4.69, 9.17) is 0 Å². The summed E-state index contributed by atoms with van der Waals surface area (Å²) in [6.45, 7) is 8.63. The summed E-state index contributed by atoms with van der Waals surface area (Å²) >= 11 is 0. The molecule has 148 valence electrons. The second-order valence-electron chi connectivity index (χ2n) is 7.57. The van der Waals surface area contributed by atoms with E-state index < -0.39 is 0 Å². The summed E-state index contributed by atoms with van der Waals surface area (Å²) in [6, 6.07) is 5.08. The SMILES string of the molecule is CCn1c(Cn2ccnc2)nnc1C1CCN(Cc2ccc(F)cc2C)CC1. The monoisotopic (exact) mass is 382 g/mol. The molecule has 0 spiro atoms. The third kappa shape index (κ3) is 3.99. The fourth-order valence-corrected chi connectivity index (χ4v) is 4.08. The van der Waals surface area contributed by atoms with Gasteiger partial charge in [-0.25, -0.2) is 9.37 Å². The van der Waals surface area contributed by atoms with E-state index in [0.29, 0.717) is 12.5 Å². The Kier molecular flexibility index (Phi) is 5.52. The van der Waals surface area contributed by atoms with Crippen molar-refractivity contribution in [1.29, 1.82) is 0 Å². The molecule has 4 rings (SSSR count). The summed E-state index contributed by atoms with van der Waals surface area (Å²) in [7, 11) is 0. The number of rotatable bonds is 6. The maximum atomic E-state index is 13.3. The zero-order chi connectivity index (χ0) is 19.5. The minimum absolute atomic E-state index is 0.162. The number of nitrogens with zero attached hydrogens (tertiary/aromatic N) is 6. The molecule has 7 heteroatoms. The maximum absolute atomic E-state index is 13.3. The van der Waals surface area contributed by atoms with Gasteiger partial charge in [0.2, 0.25) is 0 Å². The van der Waals surface area contributed by atoms with Crippen molar-refractivity contribution in [1.82, 2.24) is 29.2 Å². The third-order valence-corrected chi connectivity index (χ3v) is 5.71. The average molecular weight is 382 g/mol. The molecule has 1 aliphatic heterocycles. The molecule has 3 heterocycles. The zero-order valence-corrected chi connectivity index (χ0v) is 16.6. The van der Waals surface area contributed by atoms with Crippen LogP contribution in [0.3, 0.4) is 0 Å². The quantitative estimate of drug-likeness (QED) is 0.656. The fraction of sp³-hybridized carbons (Fsp3) is 0.476. The van der Waals surface area contributed by atoms with Gasteiger partial charge in [-0.2, -0.15) is 0 Å². The Hall–Kier alpha value is -2.54. The van der Waals surface area contributed by atoms with Crippen LogP contribution in [0.1, 0.15) is 48.5 Å². The lowest BCUT2D eigenvalue weighted by Gasteiger charge is -2.32. The van der Waals surface area contributed by atoms with E-state index in [1.807, 2.05) is 30.1 Å². The van der Waals surface area contributed by atoms with Crippen LogP contribution in [0, 0.1) is 12.7 Å². The smallest absolute Gasteiger partial charge is 0.153 e. The molecule has 0 unspecified atom stereocenters. The van der Waals surface area contributed by atoms with Crippen LogP contribution in [0.15, 0.2) is 36.9 Å². The van der Waals surface area contributed by atoms with Crippen LogP contribution in [-0.2, 0) is 19.6 Å². The zero-order valence-electron chi connectivity index (χ0n) is 16.6. The number of halogens is 1. The van der Waals surface area contributed by atoms with Crippen LogP contribution >= 0.6 is 0 Å². The van der Waals surface area contributed by atoms with Crippen molar-refractivity contribution in [2.45, 2.75) is 52.2 Å². The highest BCUT2D eigenvalue weighted by atomic mass is 19.1. The Labute approximate surface area is 165 Å². The van der Waals surface area contributed by atoms with E-state index in [9.17, 15) is 4.39 Å². The Morgan fingerprint density at radius 3 is 2.64 bits per heavy atom. The lowest BCUT2D eigenvalue weighted by atomic mass is 9.95. The lowest BCUT2D eigenvalue weighted by Crippen LogP contribution is -2.33. The van der Waals surface area contributed by atoms with Crippen molar-refractivity contribution in [3.63, 3.8) is 0 Å². The Bertz CT molecular complexity index is 909. The first-order chi connectivity index (χ1) is 13.6. The van der Waals surface area contributed by atoms with Gasteiger partial charge in [0.25, 0.3) is 0 Å². The number of aryl methyl sites for hydroxylation is 1. The predicted molar refractivity (Wildman–Crippen MR) is 105 cm³/mol. The first-order valence-corrected chi connectivity index (χ1v) is 9.99. The number of aromatic nitrogens is 5. The van der Waals surface area contributed by atoms with Gasteiger partial charge >= 0.3 is 0 Å². The summed E-state index contributed by atoms with van der Waals surface area (Å²) < 4.78 is 17.6. The topological polar surface area (TPSA) is 51.8 Å². The summed E-state index contributed by atoms with van der Waals surface area (Å²) in [5, 5.41) is 9.00. The first kappa shape index (κ1) is 18.8. The largest absolute Gasteiger partial charge is 0.330 e. The summed E-state index contributed by atoms with van der Waals surface area (Å²) in [5.41, 5.74) is 2.23. The second kappa shape index (κ2) is 8.22. The van der Waals surface area contributed by atoms with Crippen molar-refractivity contribution in [3.05, 3.63) is 65.5 Å². The van der Waals surface area contributed by atoms with Crippen LogP contribution < -0.4 is 0 Å². The average Bonchev–Trinajstić information content (AvgIpc) is 3.35. The summed E-state index contributed by atoms with van der Waals surface area (Å²) in [6.07, 6.45) is 7.69. The van der Waals surface area contributed by atoms with Crippen molar-refractivity contribution in [2.24, 2.45) is 0 Å². The summed E-state index contributed by atoms with van der Waals surface area (Å²) in [5.74, 6) is 2.37. The van der Waals surface area contributed by atoms with Gasteiger partial charge in [-0.3, -0.25) is 4.90 Å². The van der Waals surface area contributed by atoms with Gasteiger partial charge in [-0.1, -0.05) is 6.07 Å². The molecule has 1 fully saturated rings. The van der Waals surface area contributed by atoms with Gasteiger partial charge in [0, 0.05) is 31.4 Å². The fourth-order valence-electron chi connectivity index (χ4n) is 4.08. The number of likely N-dealkylation sites (tertiary alicyclic amines) is 1. The number of imidazole rings is 1. The lowest BCUT2D eigenvalue weighted by molar-refractivity contribution is 0.199. The Morgan fingerprint density at radius 2 is 1.96 bits per heavy atom. The minimum atomic E-state index is -0.162. The first-order valence-electron chi connectivity index (χ1n) is 9.99. The van der Waals surface area contributed by atoms with E-state index in [1.165, 1.54) is 5.56 Å². The molecular weight excluding hydrogens is 355 g/mol. The van der Waals surface area contributed by atoms with Crippen LogP contribution in [-0.4, -0.2) is 42.3 Å². The molecule has 3 aromatic rings. The molecule has 0 bridgehead atoms. The van der Waals surface area contributed by atoms with Crippen molar-refractivity contribution in [2.75, 3.05) is 13.1 Å². The number of piperidine rings is 1. The third-order valence-electron chi connectivity index (χ3n) is 5.71. The molecule has 0 radical (unpaired) electrons. The molecule has 6 nitrogen and oxygen atoms in total. The second-order valence-corrected chi connectivity index (χ2v) is 7.57. The van der Waals surface area contributed by atoms with E-state index in [1.54, 1.807) is 18.3 Å². The van der Waals surface area contributed by atoms with Gasteiger partial charge in [0.15, 0.2) is 5.82 Å². The van der Waals surface area contributed by atoms with E-state index >= 15 is 0 Å². The number of hydrogen-bond donors (Lipinski definition) is 0. The number of hydrogen-bond acceptors (Lipinski definition) is 4. The molecule has 1 aliphatic rings. The Morgan fingerprint density at radius 1 is 1.14 bits per heavy atom. The van der Waals surface area contributed by atoms with Gasteiger partial charge in [0.1, 0.15) is 11.6 Å². The molecule has 0 aliphatic carbocycles. The normalized spacial score (nSPS) is 16.0.